The summed E-state index contributed by atoms with van der Waals surface area (Å²) in [6, 6.07) is 9.73. The molecule has 0 spiro atoms. The Hall–Kier alpha value is -3.93. The number of nitrogens with two attached hydrogens (primary N) is 1. The van der Waals surface area contributed by atoms with Crippen LogP contribution in [0.15, 0.2) is 49.1 Å². The minimum absolute atomic E-state index is 0.0662. The van der Waals surface area contributed by atoms with Gasteiger partial charge in [-0.3, -0.25) is 9.48 Å². The molecule has 4 N–H and O–H groups in total. The van der Waals surface area contributed by atoms with E-state index in [1.807, 2.05) is 30.3 Å². The van der Waals surface area contributed by atoms with Crippen LogP contribution >= 0.6 is 0 Å². The Bertz CT molecular complexity index is 959. The van der Waals surface area contributed by atoms with E-state index in [9.17, 15) is 4.79 Å². The Balaban J connectivity index is 1.66. The van der Waals surface area contributed by atoms with E-state index in [0.29, 0.717) is 12.2 Å². The van der Waals surface area contributed by atoms with E-state index in [1.165, 1.54) is 12.4 Å². The van der Waals surface area contributed by atoms with Crippen molar-refractivity contribution in [3.05, 3.63) is 60.3 Å². The number of carbonyl (C=O) groups excluding carboxylic acids is 1. The van der Waals surface area contributed by atoms with E-state index in [4.69, 9.17) is 11.0 Å². The van der Waals surface area contributed by atoms with Crippen LogP contribution in [0.4, 0.5) is 17.2 Å². The highest BCUT2D eigenvalue weighted by Crippen LogP contribution is 2.14. The SMILES string of the molecule is N#CCNc1cccc(Cn2cc(NC(=O)c3nccnc3N)cn2)c1. The molecule has 0 aliphatic heterocycles. The number of anilines is 3. The summed E-state index contributed by atoms with van der Waals surface area (Å²) in [5, 5.41) is 18.6. The Morgan fingerprint density at radius 2 is 2.12 bits per heavy atom. The fraction of sp³-hybridized carbons (Fsp3) is 0.118. The van der Waals surface area contributed by atoms with Gasteiger partial charge in [-0.2, -0.15) is 10.4 Å². The number of nitrogen functional groups attached to an aromatic ring is 1. The Morgan fingerprint density at radius 1 is 1.27 bits per heavy atom. The Morgan fingerprint density at radius 3 is 2.92 bits per heavy atom. The zero-order valence-corrected chi connectivity index (χ0v) is 13.8. The lowest BCUT2D eigenvalue weighted by molar-refractivity contribution is 0.102. The lowest BCUT2D eigenvalue weighted by atomic mass is 10.2. The number of hydrogen-bond donors (Lipinski definition) is 3. The molecule has 26 heavy (non-hydrogen) atoms. The van der Waals surface area contributed by atoms with Gasteiger partial charge in [0, 0.05) is 24.3 Å². The van der Waals surface area contributed by atoms with E-state index in [2.05, 4.69) is 25.7 Å². The number of amides is 1. The number of nitriles is 1. The van der Waals surface area contributed by atoms with Crippen molar-refractivity contribution < 1.29 is 4.79 Å². The van der Waals surface area contributed by atoms with E-state index >= 15 is 0 Å². The van der Waals surface area contributed by atoms with Crippen molar-refractivity contribution >= 4 is 23.1 Å². The van der Waals surface area contributed by atoms with Crippen LogP contribution < -0.4 is 16.4 Å². The van der Waals surface area contributed by atoms with Crippen LogP contribution in [-0.4, -0.2) is 32.2 Å². The van der Waals surface area contributed by atoms with Crippen molar-refractivity contribution in [2.24, 2.45) is 0 Å². The molecule has 9 nitrogen and oxygen atoms in total. The number of benzene rings is 1. The van der Waals surface area contributed by atoms with Crippen molar-refractivity contribution in [2.75, 3.05) is 22.9 Å². The molecule has 130 valence electrons. The number of nitrogens with zero attached hydrogens (tertiary/aromatic N) is 5. The summed E-state index contributed by atoms with van der Waals surface area (Å²) in [5.74, 6) is -0.378. The molecule has 0 atom stereocenters. The van der Waals surface area contributed by atoms with Gasteiger partial charge >= 0.3 is 0 Å². The molecule has 9 heteroatoms. The molecule has 3 aromatic rings. The summed E-state index contributed by atoms with van der Waals surface area (Å²) >= 11 is 0. The van der Waals surface area contributed by atoms with Gasteiger partial charge in [-0.15, -0.1) is 0 Å². The molecule has 0 radical (unpaired) electrons. The van der Waals surface area contributed by atoms with Gasteiger partial charge in [0.2, 0.25) is 0 Å². The van der Waals surface area contributed by atoms with Crippen LogP contribution in [0, 0.1) is 11.3 Å². The first-order valence-corrected chi connectivity index (χ1v) is 7.76. The molecular formula is C17H16N8O. The third kappa shape index (κ3) is 4.12. The summed E-state index contributed by atoms with van der Waals surface area (Å²) in [7, 11) is 0. The highest BCUT2D eigenvalue weighted by molar-refractivity contribution is 6.05. The molecule has 2 heterocycles. The second-order valence-electron chi connectivity index (χ2n) is 5.38. The number of nitrogens with one attached hydrogen (secondary N) is 2. The van der Waals surface area contributed by atoms with E-state index < -0.39 is 5.91 Å². The molecular weight excluding hydrogens is 332 g/mol. The molecule has 2 aromatic heterocycles. The average molecular weight is 348 g/mol. The first-order chi connectivity index (χ1) is 12.7. The first kappa shape index (κ1) is 16.9. The monoisotopic (exact) mass is 348 g/mol. The molecule has 0 aliphatic rings. The molecule has 0 bridgehead atoms. The van der Waals surface area contributed by atoms with Gasteiger partial charge in [0.1, 0.15) is 6.54 Å². The summed E-state index contributed by atoms with van der Waals surface area (Å²) in [5.41, 5.74) is 8.11. The molecule has 3 rings (SSSR count). The molecule has 0 aliphatic carbocycles. The number of hydrogen-bond acceptors (Lipinski definition) is 7. The smallest absolute Gasteiger partial charge is 0.278 e. The largest absolute Gasteiger partial charge is 0.382 e. The molecule has 0 unspecified atom stereocenters. The van der Waals surface area contributed by atoms with Gasteiger partial charge in [-0.05, 0) is 17.7 Å². The van der Waals surface area contributed by atoms with Crippen LogP contribution in [0.3, 0.4) is 0 Å². The number of carbonyl (C=O) groups is 1. The number of rotatable bonds is 6. The minimum Gasteiger partial charge on any atom is -0.382 e. The first-order valence-electron chi connectivity index (χ1n) is 7.76. The lowest BCUT2D eigenvalue weighted by Gasteiger charge is -2.06. The van der Waals surface area contributed by atoms with Gasteiger partial charge in [0.25, 0.3) is 5.91 Å². The summed E-state index contributed by atoms with van der Waals surface area (Å²) < 4.78 is 1.69. The normalized spacial score (nSPS) is 10.1. The maximum atomic E-state index is 12.2. The predicted octanol–water partition coefficient (Wildman–Crippen LogP) is 1.49. The Labute approximate surface area is 149 Å². The average Bonchev–Trinajstić information content (AvgIpc) is 3.07. The van der Waals surface area contributed by atoms with E-state index in [0.717, 1.165) is 11.3 Å². The second kappa shape index (κ2) is 7.76. The standard InChI is InChI=1S/C17H16N8O/c18-4-5-20-13-3-1-2-12(8-13)10-25-11-14(9-23-25)24-17(26)15-16(19)22-7-6-21-15/h1-3,6-9,11,20H,5,10H2,(H2,19,22)(H,24,26). The molecule has 0 fully saturated rings. The van der Waals surface area contributed by atoms with Crippen LogP contribution in [0.5, 0.6) is 0 Å². The zero-order valence-electron chi connectivity index (χ0n) is 13.8. The molecule has 1 amide bonds. The maximum absolute atomic E-state index is 12.2. The summed E-state index contributed by atoms with van der Waals surface area (Å²) in [6.45, 7) is 0.762. The van der Waals surface area contributed by atoms with Crippen molar-refractivity contribution in [1.82, 2.24) is 19.7 Å². The van der Waals surface area contributed by atoms with Gasteiger partial charge in [-0.1, -0.05) is 12.1 Å². The van der Waals surface area contributed by atoms with Crippen LogP contribution in [0.1, 0.15) is 16.1 Å². The summed E-state index contributed by atoms with van der Waals surface area (Å²) in [6.07, 6.45) is 6.08. The van der Waals surface area contributed by atoms with E-state index in [-0.39, 0.29) is 18.1 Å². The summed E-state index contributed by atoms with van der Waals surface area (Å²) in [4.78, 5) is 19.9. The predicted molar refractivity (Wildman–Crippen MR) is 96.3 cm³/mol. The van der Waals surface area contributed by atoms with Crippen molar-refractivity contribution in [3.8, 4) is 6.07 Å². The number of aromatic nitrogens is 4. The van der Waals surface area contributed by atoms with Gasteiger partial charge in [-0.25, -0.2) is 9.97 Å². The fourth-order valence-corrected chi connectivity index (χ4v) is 2.34. The minimum atomic E-state index is -0.446. The Kier molecular flexibility index (Phi) is 5.05. The van der Waals surface area contributed by atoms with Crippen LogP contribution in [0.2, 0.25) is 0 Å². The fourth-order valence-electron chi connectivity index (χ4n) is 2.34. The second-order valence-corrected chi connectivity index (χ2v) is 5.38. The lowest BCUT2D eigenvalue weighted by Crippen LogP contribution is -2.16. The maximum Gasteiger partial charge on any atom is 0.278 e. The topological polar surface area (TPSA) is 135 Å². The van der Waals surface area contributed by atoms with E-state index in [1.54, 1.807) is 17.1 Å². The highest BCUT2D eigenvalue weighted by Gasteiger charge is 2.13. The van der Waals surface area contributed by atoms with Crippen LogP contribution in [-0.2, 0) is 6.54 Å². The molecule has 0 saturated heterocycles. The zero-order chi connectivity index (χ0) is 18.4. The van der Waals surface area contributed by atoms with Crippen molar-refractivity contribution in [3.63, 3.8) is 0 Å². The van der Waals surface area contributed by atoms with Gasteiger partial charge < -0.3 is 16.4 Å². The van der Waals surface area contributed by atoms with Gasteiger partial charge in [0.05, 0.1) is 24.5 Å². The van der Waals surface area contributed by atoms with Crippen molar-refractivity contribution in [1.29, 1.82) is 5.26 Å². The third-order valence-electron chi connectivity index (χ3n) is 3.48. The molecule has 1 aromatic carbocycles. The third-order valence-corrected chi connectivity index (χ3v) is 3.48. The quantitative estimate of drug-likeness (QED) is 0.574. The van der Waals surface area contributed by atoms with Gasteiger partial charge in [0.15, 0.2) is 11.5 Å². The highest BCUT2D eigenvalue weighted by atomic mass is 16.1. The molecule has 0 saturated carbocycles. The van der Waals surface area contributed by atoms with Crippen molar-refractivity contribution in [2.45, 2.75) is 6.54 Å². The van der Waals surface area contributed by atoms with Crippen LogP contribution in [0.25, 0.3) is 0 Å².